The Hall–Kier alpha value is -2.34. The van der Waals surface area contributed by atoms with Crippen molar-refractivity contribution >= 4 is 28.9 Å². The minimum Gasteiger partial charge on any atom is -0.435 e. The van der Waals surface area contributed by atoms with Gasteiger partial charge in [-0.25, -0.2) is 0 Å². The molecule has 4 nitrogen and oxygen atoms in total. The third-order valence-corrected chi connectivity index (χ3v) is 2.96. The van der Waals surface area contributed by atoms with Crippen molar-refractivity contribution in [3.05, 3.63) is 53.1 Å². The van der Waals surface area contributed by atoms with Crippen LogP contribution < -0.4 is 15.8 Å². The Morgan fingerprint density at radius 3 is 2.48 bits per heavy atom. The van der Waals surface area contributed by atoms with Gasteiger partial charge in [-0.2, -0.15) is 8.78 Å². The molecule has 0 unspecified atom stereocenters. The standard InChI is InChI=1S/C14H11ClF2N2O2/c15-11-3-1-2-10(12(11)18)13(20)19-8-4-6-9(7-5-8)21-14(16)17/h1-7,14H,18H2,(H,19,20). The highest BCUT2D eigenvalue weighted by molar-refractivity contribution is 6.34. The van der Waals surface area contributed by atoms with Gasteiger partial charge in [0.2, 0.25) is 0 Å². The van der Waals surface area contributed by atoms with Crippen LogP contribution in [0, 0.1) is 0 Å². The van der Waals surface area contributed by atoms with E-state index in [0.717, 1.165) is 0 Å². The molecule has 0 saturated carbocycles. The van der Waals surface area contributed by atoms with Crippen LogP contribution in [0.5, 0.6) is 5.75 Å². The number of nitrogens with two attached hydrogens (primary N) is 1. The topological polar surface area (TPSA) is 64.4 Å². The predicted molar refractivity (Wildman–Crippen MR) is 76.9 cm³/mol. The fourth-order valence-corrected chi connectivity index (χ4v) is 1.83. The molecule has 0 aliphatic heterocycles. The number of rotatable bonds is 4. The maximum absolute atomic E-state index is 12.0. The van der Waals surface area contributed by atoms with Gasteiger partial charge in [0.1, 0.15) is 5.75 Å². The molecule has 0 aliphatic carbocycles. The summed E-state index contributed by atoms with van der Waals surface area (Å²) in [6.07, 6.45) is 0. The summed E-state index contributed by atoms with van der Waals surface area (Å²) in [6, 6.07) is 10.2. The highest BCUT2D eigenvalue weighted by Gasteiger charge is 2.12. The fraction of sp³-hybridized carbons (Fsp3) is 0.0714. The van der Waals surface area contributed by atoms with Crippen molar-refractivity contribution < 1.29 is 18.3 Å². The summed E-state index contributed by atoms with van der Waals surface area (Å²) in [5.41, 5.74) is 6.54. The van der Waals surface area contributed by atoms with Crippen molar-refractivity contribution in [2.45, 2.75) is 6.61 Å². The maximum Gasteiger partial charge on any atom is 0.387 e. The van der Waals surface area contributed by atoms with Gasteiger partial charge in [-0.15, -0.1) is 0 Å². The van der Waals surface area contributed by atoms with Gasteiger partial charge in [0, 0.05) is 5.69 Å². The summed E-state index contributed by atoms with van der Waals surface area (Å²) in [4.78, 5) is 12.0. The van der Waals surface area contributed by atoms with E-state index in [1.54, 1.807) is 12.1 Å². The molecule has 21 heavy (non-hydrogen) atoms. The van der Waals surface area contributed by atoms with E-state index >= 15 is 0 Å². The fourth-order valence-electron chi connectivity index (χ4n) is 1.65. The minimum atomic E-state index is -2.89. The van der Waals surface area contributed by atoms with Gasteiger partial charge in [0.15, 0.2) is 0 Å². The number of halogens is 3. The van der Waals surface area contributed by atoms with Crippen molar-refractivity contribution in [1.82, 2.24) is 0 Å². The predicted octanol–water partition coefficient (Wildman–Crippen LogP) is 3.78. The lowest BCUT2D eigenvalue weighted by Crippen LogP contribution is -2.14. The SMILES string of the molecule is Nc1c(Cl)cccc1C(=O)Nc1ccc(OC(F)F)cc1. The minimum absolute atomic E-state index is 0.00488. The van der Waals surface area contributed by atoms with Crippen LogP contribution in [0.3, 0.4) is 0 Å². The number of carbonyl (C=O) groups is 1. The number of hydrogen-bond acceptors (Lipinski definition) is 3. The first kappa shape index (κ1) is 15.1. The third kappa shape index (κ3) is 3.82. The summed E-state index contributed by atoms with van der Waals surface area (Å²) in [5.74, 6) is -0.442. The molecular formula is C14H11ClF2N2O2. The van der Waals surface area contributed by atoms with Crippen LogP contribution in [0.1, 0.15) is 10.4 Å². The average Bonchev–Trinajstić information content (AvgIpc) is 2.43. The second-order valence-electron chi connectivity index (χ2n) is 4.06. The highest BCUT2D eigenvalue weighted by atomic mass is 35.5. The first-order valence-electron chi connectivity index (χ1n) is 5.87. The Labute approximate surface area is 124 Å². The molecule has 2 rings (SSSR count). The molecule has 2 aromatic rings. The van der Waals surface area contributed by atoms with Crippen LogP contribution in [-0.2, 0) is 0 Å². The lowest BCUT2D eigenvalue weighted by molar-refractivity contribution is -0.0498. The molecule has 0 spiro atoms. The smallest absolute Gasteiger partial charge is 0.387 e. The van der Waals surface area contributed by atoms with Crippen LogP contribution in [-0.4, -0.2) is 12.5 Å². The third-order valence-electron chi connectivity index (χ3n) is 2.63. The molecule has 0 heterocycles. The zero-order valence-corrected chi connectivity index (χ0v) is 11.4. The van der Waals surface area contributed by atoms with E-state index in [2.05, 4.69) is 10.1 Å². The number of ether oxygens (including phenoxy) is 1. The Kier molecular flexibility index (Phi) is 4.59. The normalized spacial score (nSPS) is 10.5. The molecule has 0 fully saturated rings. The number of hydrogen-bond donors (Lipinski definition) is 2. The first-order valence-corrected chi connectivity index (χ1v) is 6.25. The summed E-state index contributed by atoms with van der Waals surface area (Å²) in [6.45, 7) is -2.89. The average molecular weight is 313 g/mol. The van der Waals surface area contributed by atoms with Crippen LogP contribution in [0.2, 0.25) is 5.02 Å². The van der Waals surface area contributed by atoms with Gasteiger partial charge >= 0.3 is 6.61 Å². The van der Waals surface area contributed by atoms with Crippen LogP contribution in [0.4, 0.5) is 20.2 Å². The molecule has 3 N–H and O–H groups in total. The molecule has 0 bridgehead atoms. The zero-order valence-electron chi connectivity index (χ0n) is 10.6. The number of para-hydroxylation sites is 1. The zero-order chi connectivity index (χ0) is 15.4. The van der Waals surface area contributed by atoms with E-state index < -0.39 is 12.5 Å². The lowest BCUT2D eigenvalue weighted by Gasteiger charge is -2.09. The van der Waals surface area contributed by atoms with Crippen LogP contribution >= 0.6 is 11.6 Å². The maximum atomic E-state index is 12.0. The summed E-state index contributed by atoms with van der Waals surface area (Å²) in [5, 5.41) is 2.87. The monoisotopic (exact) mass is 312 g/mol. The van der Waals surface area contributed by atoms with Crippen molar-refractivity contribution in [3.63, 3.8) is 0 Å². The number of alkyl halides is 2. The molecule has 2 aromatic carbocycles. The van der Waals surface area contributed by atoms with Crippen molar-refractivity contribution in [3.8, 4) is 5.75 Å². The van der Waals surface area contributed by atoms with Crippen molar-refractivity contribution in [2.24, 2.45) is 0 Å². The molecular weight excluding hydrogens is 302 g/mol. The van der Waals surface area contributed by atoms with E-state index in [4.69, 9.17) is 17.3 Å². The Morgan fingerprint density at radius 1 is 1.19 bits per heavy atom. The van der Waals surface area contributed by atoms with Gasteiger partial charge in [-0.3, -0.25) is 4.79 Å². The number of anilines is 2. The molecule has 0 radical (unpaired) electrons. The number of nitrogen functional groups attached to an aromatic ring is 1. The summed E-state index contributed by atoms with van der Waals surface area (Å²) >= 11 is 5.84. The molecule has 0 saturated heterocycles. The van der Waals surface area contributed by atoms with E-state index in [9.17, 15) is 13.6 Å². The quantitative estimate of drug-likeness (QED) is 0.845. The van der Waals surface area contributed by atoms with Crippen molar-refractivity contribution in [2.75, 3.05) is 11.1 Å². The number of carbonyl (C=O) groups excluding carboxylic acids is 1. The number of benzene rings is 2. The highest BCUT2D eigenvalue weighted by Crippen LogP contribution is 2.24. The summed E-state index contributed by atoms with van der Waals surface area (Å²) in [7, 11) is 0. The molecule has 110 valence electrons. The molecule has 7 heteroatoms. The molecule has 0 aliphatic rings. The Morgan fingerprint density at radius 2 is 1.86 bits per heavy atom. The Bertz CT molecular complexity index is 648. The lowest BCUT2D eigenvalue weighted by atomic mass is 10.1. The number of nitrogens with one attached hydrogen (secondary N) is 1. The van der Waals surface area contributed by atoms with E-state index in [1.807, 2.05) is 0 Å². The van der Waals surface area contributed by atoms with Crippen LogP contribution in [0.15, 0.2) is 42.5 Å². The van der Waals surface area contributed by atoms with Crippen LogP contribution in [0.25, 0.3) is 0 Å². The molecule has 0 aromatic heterocycles. The number of amides is 1. The largest absolute Gasteiger partial charge is 0.435 e. The Balaban J connectivity index is 2.11. The van der Waals surface area contributed by atoms with E-state index in [1.165, 1.54) is 30.3 Å². The second kappa shape index (κ2) is 6.41. The van der Waals surface area contributed by atoms with Gasteiger partial charge < -0.3 is 15.8 Å². The van der Waals surface area contributed by atoms with E-state index in [-0.39, 0.29) is 22.0 Å². The molecule has 0 atom stereocenters. The summed E-state index contributed by atoms with van der Waals surface area (Å²) < 4.78 is 28.2. The first-order chi connectivity index (χ1) is 9.97. The molecule has 1 amide bonds. The van der Waals surface area contributed by atoms with Gasteiger partial charge in [-0.05, 0) is 36.4 Å². The second-order valence-corrected chi connectivity index (χ2v) is 4.47. The van der Waals surface area contributed by atoms with E-state index in [0.29, 0.717) is 5.69 Å². The van der Waals surface area contributed by atoms with Gasteiger partial charge in [-0.1, -0.05) is 17.7 Å². The van der Waals surface area contributed by atoms with Gasteiger partial charge in [0.25, 0.3) is 5.91 Å². The van der Waals surface area contributed by atoms with Crippen molar-refractivity contribution in [1.29, 1.82) is 0 Å². The van der Waals surface area contributed by atoms with Gasteiger partial charge in [0.05, 0.1) is 16.3 Å².